The molecule has 1 saturated heterocycles. The molecule has 2 amide bonds. The van der Waals surface area contributed by atoms with E-state index in [-0.39, 0.29) is 6.03 Å². The van der Waals surface area contributed by atoms with E-state index in [1.165, 1.54) is 0 Å². The van der Waals surface area contributed by atoms with Gasteiger partial charge in [-0.05, 0) is 62.1 Å². The number of halogens is 2. The molecule has 0 radical (unpaired) electrons. The van der Waals surface area contributed by atoms with Crippen molar-refractivity contribution in [3.63, 3.8) is 0 Å². The van der Waals surface area contributed by atoms with Gasteiger partial charge in [-0.25, -0.2) is 4.79 Å². The van der Waals surface area contributed by atoms with Crippen LogP contribution < -0.4 is 20.3 Å². The number of rotatable bonds is 7. The van der Waals surface area contributed by atoms with E-state index >= 15 is 0 Å². The highest BCUT2D eigenvalue weighted by molar-refractivity contribution is 9.11. The van der Waals surface area contributed by atoms with Crippen LogP contribution in [-0.2, 0) is 0 Å². The van der Waals surface area contributed by atoms with Crippen LogP contribution in [0.25, 0.3) is 5.70 Å². The molecule has 1 aliphatic rings. The summed E-state index contributed by atoms with van der Waals surface area (Å²) in [5, 5.41) is 12.6. The van der Waals surface area contributed by atoms with E-state index in [1.807, 2.05) is 38.2 Å². The minimum Gasteiger partial charge on any atom is -0.496 e. The van der Waals surface area contributed by atoms with Gasteiger partial charge < -0.3 is 20.3 Å². The Morgan fingerprint density at radius 2 is 1.97 bits per heavy atom. The van der Waals surface area contributed by atoms with Gasteiger partial charge in [0.1, 0.15) is 5.75 Å². The van der Waals surface area contributed by atoms with Crippen LogP contribution in [0.2, 0.25) is 5.02 Å². The van der Waals surface area contributed by atoms with Gasteiger partial charge in [0.05, 0.1) is 24.2 Å². The molecular weight excluding hydrogens is 518 g/mol. The van der Waals surface area contributed by atoms with E-state index in [9.17, 15) is 4.79 Å². The maximum atomic E-state index is 12.9. The number of ether oxygens (including phenoxy) is 1. The Labute approximate surface area is 214 Å². The van der Waals surface area contributed by atoms with Gasteiger partial charge >= 0.3 is 6.03 Å². The van der Waals surface area contributed by atoms with Crippen molar-refractivity contribution >= 4 is 62.5 Å². The minimum atomic E-state index is -0.339. The number of benzene rings is 2. The summed E-state index contributed by atoms with van der Waals surface area (Å²) in [6, 6.07) is 10.7. The first-order valence-electron chi connectivity index (χ1n) is 11.2. The number of methoxy groups -OCH3 is 1. The average molecular weight is 549 g/mol. The molecule has 2 aromatic rings. The fourth-order valence-electron chi connectivity index (χ4n) is 3.93. The second-order valence-electron chi connectivity index (χ2n) is 8.22. The lowest BCUT2D eigenvalue weighted by molar-refractivity contribution is 0.262. The summed E-state index contributed by atoms with van der Waals surface area (Å²) in [6.07, 6.45) is 3.94. The lowest BCUT2D eigenvalue weighted by Crippen LogP contribution is -2.33. The van der Waals surface area contributed by atoms with Crippen LogP contribution in [0, 0.1) is 5.92 Å². The van der Waals surface area contributed by atoms with E-state index in [0.29, 0.717) is 22.4 Å². The molecule has 0 atom stereocenters. The van der Waals surface area contributed by atoms with Gasteiger partial charge in [-0.3, -0.25) is 5.01 Å². The Morgan fingerprint density at radius 3 is 2.62 bits per heavy atom. The summed E-state index contributed by atoms with van der Waals surface area (Å²) >= 11 is 9.69. The van der Waals surface area contributed by atoms with Crippen LogP contribution in [0.4, 0.5) is 21.9 Å². The van der Waals surface area contributed by atoms with Crippen molar-refractivity contribution in [1.82, 2.24) is 5.01 Å². The largest absolute Gasteiger partial charge is 0.496 e. The lowest BCUT2D eigenvalue weighted by atomic mass is 9.98. The molecular formula is C25H31BrClN5O2. The summed E-state index contributed by atoms with van der Waals surface area (Å²) in [4.78, 5) is 17.0. The Bertz CT molecular complexity index is 1070. The molecule has 34 heavy (non-hydrogen) atoms. The highest BCUT2D eigenvalue weighted by Crippen LogP contribution is 2.34. The Morgan fingerprint density at radius 1 is 1.24 bits per heavy atom. The third kappa shape index (κ3) is 6.45. The number of carbonyl (C=O) groups is 1. The molecule has 3 rings (SSSR count). The molecule has 9 heteroatoms. The van der Waals surface area contributed by atoms with E-state index in [2.05, 4.69) is 43.5 Å². The summed E-state index contributed by atoms with van der Waals surface area (Å²) in [7, 11) is 3.44. The number of hydrogen-bond donors (Lipinski definition) is 2. The fourth-order valence-corrected chi connectivity index (χ4v) is 4.64. The number of amides is 2. The topological polar surface area (TPSA) is 69.2 Å². The molecule has 0 bridgehead atoms. The normalized spacial score (nSPS) is 14.9. The fraction of sp³-hybridized carbons (Fsp3) is 0.360. The molecule has 0 spiro atoms. The van der Waals surface area contributed by atoms with E-state index in [0.717, 1.165) is 48.6 Å². The van der Waals surface area contributed by atoms with Crippen molar-refractivity contribution in [1.29, 1.82) is 0 Å². The van der Waals surface area contributed by atoms with Crippen LogP contribution in [-0.4, -0.2) is 44.5 Å². The number of nitrogens with one attached hydrogen (secondary N) is 2. The SMILES string of the molecule is C/C=N\N(C)/C(=C/Br)c1cc(NC(=O)Nc2ccc(Cl)cc2N2CCC(C)CC2)ccc1OC. The van der Waals surface area contributed by atoms with Gasteiger partial charge in [0, 0.05) is 47.6 Å². The van der Waals surface area contributed by atoms with Crippen molar-refractivity contribution < 1.29 is 9.53 Å². The lowest BCUT2D eigenvalue weighted by Gasteiger charge is -2.33. The molecule has 2 aromatic carbocycles. The summed E-state index contributed by atoms with van der Waals surface area (Å²) in [6.45, 7) is 6.00. The molecule has 1 aliphatic heterocycles. The molecule has 182 valence electrons. The Hall–Kier alpha value is -2.71. The smallest absolute Gasteiger partial charge is 0.323 e. The maximum Gasteiger partial charge on any atom is 0.323 e. The number of hydrogen-bond acceptors (Lipinski definition) is 5. The van der Waals surface area contributed by atoms with Gasteiger partial charge in [-0.2, -0.15) is 5.10 Å². The molecule has 0 aromatic heterocycles. The Kier molecular flexibility index (Phi) is 9.24. The second-order valence-corrected chi connectivity index (χ2v) is 9.11. The monoisotopic (exact) mass is 547 g/mol. The van der Waals surface area contributed by atoms with Gasteiger partial charge in [0.2, 0.25) is 0 Å². The predicted octanol–water partition coefficient (Wildman–Crippen LogP) is 6.86. The van der Waals surface area contributed by atoms with Crippen LogP contribution in [0.3, 0.4) is 0 Å². The number of nitrogens with zero attached hydrogens (tertiary/aromatic N) is 3. The minimum absolute atomic E-state index is 0.339. The summed E-state index contributed by atoms with van der Waals surface area (Å²) in [5.74, 6) is 1.37. The number of urea groups is 1. The molecule has 0 unspecified atom stereocenters. The average Bonchev–Trinajstić information content (AvgIpc) is 2.82. The van der Waals surface area contributed by atoms with E-state index in [1.54, 1.807) is 35.5 Å². The molecule has 0 saturated carbocycles. The summed E-state index contributed by atoms with van der Waals surface area (Å²) < 4.78 is 5.53. The number of hydrazone groups is 1. The van der Waals surface area contributed by atoms with Crippen molar-refractivity contribution in [2.24, 2.45) is 11.0 Å². The zero-order valence-electron chi connectivity index (χ0n) is 19.9. The van der Waals surface area contributed by atoms with Gasteiger partial charge in [-0.1, -0.05) is 34.5 Å². The first-order chi connectivity index (χ1) is 16.4. The molecule has 1 fully saturated rings. The van der Waals surface area contributed by atoms with Crippen LogP contribution in [0.15, 0.2) is 46.5 Å². The maximum absolute atomic E-state index is 12.9. The zero-order chi connectivity index (χ0) is 24.7. The highest BCUT2D eigenvalue weighted by Gasteiger charge is 2.20. The molecule has 0 aliphatic carbocycles. The third-order valence-corrected chi connectivity index (χ3v) is 6.48. The van der Waals surface area contributed by atoms with Gasteiger partial charge in [0.25, 0.3) is 0 Å². The van der Waals surface area contributed by atoms with E-state index in [4.69, 9.17) is 16.3 Å². The zero-order valence-corrected chi connectivity index (χ0v) is 22.3. The third-order valence-electron chi connectivity index (χ3n) is 5.81. The standard InChI is InChI=1S/C25H31BrClN5O2/c1-5-28-31(3)23(16-26)20-15-19(7-9-24(20)34-4)29-25(33)30-21-8-6-18(27)14-22(21)32-12-10-17(2)11-13-32/h5-9,14-17H,10-13H2,1-4H3,(H2,29,30,33)/b23-16+,28-5-. The Balaban J connectivity index is 1.81. The first-order valence-corrected chi connectivity index (χ1v) is 12.5. The number of anilines is 3. The van der Waals surface area contributed by atoms with Crippen LogP contribution in [0.5, 0.6) is 5.75 Å². The highest BCUT2D eigenvalue weighted by atomic mass is 79.9. The number of piperidine rings is 1. The molecule has 2 N–H and O–H groups in total. The van der Waals surface area contributed by atoms with Crippen LogP contribution >= 0.6 is 27.5 Å². The van der Waals surface area contributed by atoms with E-state index < -0.39 is 0 Å². The van der Waals surface area contributed by atoms with Gasteiger partial charge in [0.15, 0.2) is 0 Å². The quantitative estimate of drug-likeness (QED) is 0.293. The summed E-state index contributed by atoms with van der Waals surface area (Å²) in [5.41, 5.74) is 3.84. The molecule has 7 nitrogen and oxygen atoms in total. The van der Waals surface area contributed by atoms with Gasteiger partial charge in [-0.15, -0.1) is 0 Å². The van der Waals surface area contributed by atoms with Crippen molar-refractivity contribution in [3.05, 3.63) is 52.0 Å². The second kappa shape index (κ2) is 12.1. The van der Waals surface area contributed by atoms with Crippen molar-refractivity contribution in [2.45, 2.75) is 26.7 Å². The van der Waals surface area contributed by atoms with Crippen molar-refractivity contribution in [3.8, 4) is 5.75 Å². The predicted molar refractivity (Wildman–Crippen MR) is 147 cm³/mol. The molecule has 1 heterocycles. The van der Waals surface area contributed by atoms with Crippen molar-refractivity contribution in [2.75, 3.05) is 42.8 Å². The van der Waals surface area contributed by atoms with Crippen LogP contribution in [0.1, 0.15) is 32.3 Å². The number of carbonyl (C=O) groups excluding carboxylic acids is 1. The first kappa shape index (κ1) is 25.9.